The molecule has 0 saturated carbocycles. The number of benzene rings is 2. The predicted octanol–water partition coefficient (Wildman–Crippen LogP) is 3.99. The third kappa shape index (κ3) is 1.90. The Hall–Kier alpha value is -2.68. The number of fused-ring (bicyclic) bond motifs is 3. The first kappa shape index (κ1) is 13.0. The molecule has 1 aromatic heterocycles. The molecule has 3 nitrogen and oxygen atoms in total. The molecule has 3 heteroatoms. The molecule has 0 aliphatic heterocycles. The standard InChI is InChI=1S/C19H17N3/c1-13-11-18(21-12-20-13)22(2)19-16-9-5-3-7-14(16)15-8-4-6-10-17(15)19/h3-12,19H,1-2H3. The molecule has 2 aromatic carbocycles. The lowest BCUT2D eigenvalue weighted by Gasteiger charge is -2.27. The summed E-state index contributed by atoms with van der Waals surface area (Å²) < 4.78 is 0. The Morgan fingerprint density at radius 2 is 1.45 bits per heavy atom. The second kappa shape index (κ2) is 4.95. The van der Waals surface area contributed by atoms with Crippen molar-refractivity contribution in [2.24, 2.45) is 0 Å². The van der Waals surface area contributed by atoms with Crippen LogP contribution in [0.2, 0.25) is 0 Å². The first-order valence-corrected chi connectivity index (χ1v) is 7.45. The Morgan fingerprint density at radius 3 is 2.05 bits per heavy atom. The summed E-state index contributed by atoms with van der Waals surface area (Å²) in [6.45, 7) is 2.00. The summed E-state index contributed by atoms with van der Waals surface area (Å²) in [6.07, 6.45) is 1.63. The van der Waals surface area contributed by atoms with Gasteiger partial charge in [0.15, 0.2) is 0 Å². The summed E-state index contributed by atoms with van der Waals surface area (Å²) >= 11 is 0. The molecule has 1 aliphatic rings. The van der Waals surface area contributed by atoms with E-state index in [4.69, 9.17) is 0 Å². The van der Waals surface area contributed by atoms with Gasteiger partial charge in [-0.2, -0.15) is 0 Å². The van der Waals surface area contributed by atoms with Crippen molar-refractivity contribution in [3.8, 4) is 11.1 Å². The molecule has 0 bridgehead atoms. The van der Waals surface area contributed by atoms with Crippen LogP contribution in [-0.4, -0.2) is 17.0 Å². The second-order valence-corrected chi connectivity index (χ2v) is 5.71. The van der Waals surface area contributed by atoms with Crippen molar-refractivity contribution in [3.05, 3.63) is 77.7 Å². The van der Waals surface area contributed by atoms with Crippen LogP contribution < -0.4 is 4.90 Å². The molecular weight excluding hydrogens is 270 g/mol. The van der Waals surface area contributed by atoms with Gasteiger partial charge in [0.1, 0.15) is 12.1 Å². The number of aryl methyl sites for hydroxylation is 1. The topological polar surface area (TPSA) is 29.0 Å². The monoisotopic (exact) mass is 287 g/mol. The molecule has 22 heavy (non-hydrogen) atoms. The van der Waals surface area contributed by atoms with Gasteiger partial charge in [0.25, 0.3) is 0 Å². The van der Waals surface area contributed by atoms with Gasteiger partial charge in [-0.05, 0) is 29.2 Å². The quantitative estimate of drug-likeness (QED) is 0.713. The average molecular weight is 287 g/mol. The van der Waals surface area contributed by atoms with E-state index in [2.05, 4.69) is 70.4 Å². The van der Waals surface area contributed by atoms with Gasteiger partial charge in [-0.3, -0.25) is 0 Å². The first-order valence-electron chi connectivity index (χ1n) is 7.45. The Balaban J connectivity index is 1.88. The van der Waals surface area contributed by atoms with E-state index in [9.17, 15) is 0 Å². The van der Waals surface area contributed by atoms with Gasteiger partial charge >= 0.3 is 0 Å². The van der Waals surface area contributed by atoms with E-state index in [0.29, 0.717) is 0 Å². The van der Waals surface area contributed by atoms with Crippen molar-refractivity contribution in [2.75, 3.05) is 11.9 Å². The fourth-order valence-corrected chi connectivity index (χ4v) is 3.31. The van der Waals surface area contributed by atoms with Crippen LogP contribution in [0, 0.1) is 6.92 Å². The van der Waals surface area contributed by atoms with Crippen molar-refractivity contribution in [1.82, 2.24) is 9.97 Å². The molecule has 0 spiro atoms. The molecule has 0 saturated heterocycles. The van der Waals surface area contributed by atoms with Crippen LogP contribution in [0.5, 0.6) is 0 Å². The summed E-state index contributed by atoms with van der Waals surface area (Å²) in [5.41, 5.74) is 6.29. The highest BCUT2D eigenvalue weighted by Gasteiger charge is 2.31. The van der Waals surface area contributed by atoms with Crippen molar-refractivity contribution < 1.29 is 0 Å². The maximum absolute atomic E-state index is 4.44. The van der Waals surface area contributed by atoms with Gasteiger partial charge in [-0.1, -0.05) is 48.5 Å². The van der Waals surface area contributed by atoms with Crippen molar-refractivity contribution >= 4 is 5.82 Å². The highest BCUT2D eigenvalue weighted by atomic mass is 15.2. The molecule has 0 fully saturated rings. The van der Waals surface area contributed by atoms with Crippen LogP contribution in [0.4, 0.5) is 5.82 Å². The van der Waals surface area contributed by atoms with Gasteiger partial charge in [0, 0.05) is 18.8 Å². The minimum absolute atomic E-state index is 0.196. The summed E-state index contributed by atoms with van der Waals surface area (Å²) in [5.74, 6) is 0.948. The number of hydrogen-bond donors (Lipinski definition) is 0. The lowest BCUT2D eigenvalue weighted by atomic mass is 10.0. The largest absolute Gasteiger partial charge is 0.348 e. The SMILES string of the molecule is Cc1cc(N(C)C2c3ccccc3-c3ccccc32)ncn1. The third-order valence-electron chi connectivity index (χ3n) is 4.34. The zero-order chi connectivity index (χ0) is 15.1. The molecule has 4 rings (SSSR count). The van der Waals surface area contributed by atoms with E-state index < -0.39 is 0 Å². The van der Waals surface area contributed by atoms with Gasteiger partial charge in [-0.25, -0.2) is 9.97 Å². The Bertz CT molecular complexity index is 796. The van der Waals surface area contributed by atoms with Crippen LogP contribution in [-0.2, 0) is 0 Å². The van der Waals surface area contributed by atoms with Crippen LogP contribution >= 0.6 is 0 Å². The third-order valence-corrected chi connectivity index (χ3v) is 4.34. The molecular formula is C19H17N3. The highest BCUT2D eigenvalue weighted by molar-refractivity contribution is 5.80. The fraction of sp³-hybridized carbons (Fsp3) is 0.158. The van der Waals surface area contributed by atoms with Gasteiger partial charge in [0.05, 0.1) is 6.04 Å². The molecule has 3 aromatic rings. The summed E-state index contributed by atoms with van der Waals surface area (Å²) in [6, 6.07) is 19.5. The molecule has 0 atom stereocenters. The van der Waals surface area contributed by atoms with E-state index in [-0.39, 0.29) is 6.04 Å². The van der Waals surface area contributed by atoms with Crippen LogP contribution in [0.15, 0.2) is 60.9 Å². The number of hydrogen-bond acceptors (Lipinski definition) is 3. The Morgan fingerprint density at radius 1 is 0.864 bits per heavy atom. The number of rotatable bonds is 2. The van der Waals surface area contributed by atoms with Crippen molar-refractivity contribution in [2.45, 2.75) is 13.0 Å². The maximum atomic E-state index is 4.44. The lowest BCUT2D eigenvalue weighted by molar-refractivity contribution is 0.783. The first-order chi connectivity index (χ1) is 10.8. The maximum Gasteiger partial charge on any atom is 0.132 e. The van der Waals surface area contributed by atoms with Crippen molar-refractivity contribution in [3.63, 3.8) is 0 Å². The predicted molar refractivity (Wildman–Crippen MR) is 88.9 cm³/mol. The summed E-state index contributed by atoms with van der Waals surface area (Å²) in [5, 5.41) is 0. The van der Waals surface area contributed by atoms with E-state index >= 15 is 0 Å². The molecule has 0 N–H and O–H groups in total. The van der Waals surface area contributed by atoms with Gasteiger partial charge in [-0.15, -0.1) is 0 Å². The molecule has 0 radical (unpaired) electrons. The van der Waals surface area contributed by atoms with Crippen LogP contribution in [0.25, 0.3) is 11.1 Å². The average Bonchev–Trinajstić information content (AvgIpc) is 2.89. The zero-order valence-electron chi connectivity index (χ0n) is 12.7. The van der Waals surface area contributed by atoms with E-state index in [0.717, 1.165) is 11.5 Å². The van der Waals surface area contributed by atoms with E-state index in [1.807, 2.05) is 13.0 Å². The normalized spacial score (nSPS) is 12.8. The minimum atomic E-state index is 0.196. The van der Waals surface area contributed by atoms with Crippen LogP contribution in [0.1, 0.15) is 22.9 Å². The number of anilines is 1. The molecule has 0 unspecified atom stereocenters. The Kier molecular flexibility index (Phi) is 2.93. The van der Waals surface area contributed by atoms with Crippen molar-refractivity contribution in [1.29, 1.82) is 0 Å². The van der Waals surface area contributed by atoms with E-state index in [1.165, 1.54) is 22.3 Å². The van der Waals surface area contributed by atoms with Gasteiger partial charge < -0.3 is 4.90 Å². The molecule has 0 amide bonds. The molecule has 1 heterocycles. The van der Waals surface area contributed by atoms with Crippen LogP contribution in [0.3, 0.4) is 0 Å². The smallest absolute Gasteiger partial charge is 0.132 e. The lowest BCUT2D eigenvalue weighted by Crippen LogP contribution is -2.24. The Labute approximate surface area is 130 Å². The fourth-order valence-electron chi connectivity index (χ4n) is 3.31. The summed E-state index contributed by atoms with van der Waals surface area (Å²) in [7, 11) is 2.10. The number of aromatic nitrogens is 2. The van der Waals surface area contributed by atoms with E-state index in [1.54, 1.807) is 6.33 Å². The second-order valence-electron chi connectivity index (χ2n) is 5.71. The molecule has 108 valence electrons. The minimum Gasteiger partial charge on any atom is -0.348 e. The number of nitrogens with zero attached hydrogens (tertiary/aromatic N) is 3. The van der Waals surface area contributed by atoms with Gasteiger partial charge in [0.2, 0.25) is 0 Å². The molecule has 1 aliphatic carbocycles. The summed E-state index contributed by atoms with van der Waals surface area (Å²) in [4.78, 5) is 10.9. The zero-order valence-corrected chi connectivity index (χ0v) is 12.7. The highest BCUT2D eigenvalue weighted by Crippen LogP contribution is 2.46.